The molecule has 16 heavy (non-hydrogen) atoms. The van der Waals surface area contributed by atoms with Gasteiger partial charge in [-0.2, -0.15) is 0 Å². The second kappa shape index (κ2) is 4.34. The summed E-state index contributed by atoms with van der Waals surface area (Å²) in [5.41, 5.74) is 0.427. The minimum absolute atomic E-state index is 0.102. The number of benzene rings is 1. The molecule has 1 heterocycles. The van der Waals surface area contributed by atoms with E-state index in [-0.39, 0.29) is 10.4 Å². The third kappa shape index (κ3) is 1.96. The maximum Gasteiger partial charge on any atom is 0.140 e. The zero-order valence-corrected chi connectivity index (χ0v) is 10.3. The Morgan fingerprint density at radius 2 is 1.94 bits per heavy atom. The van der Waals surface area contributed by atoms with E-state index in [1.807, 2.05) is 6.92 Å². The molecule has 2 rings (SSSR count). The van der Waals surface area contributed by atoms with Crippen molar-refractivity contribution in [3.05, 3.63) is 29.3 Å². The number of halogens is 2. The van der Waals surface area contributed by atoms with Gasteiger partial charge in [0.25, 0.3) is 0 Å². The number of rotatable bonds is 2. The van der Waals surface area contributed by atoms with Crippen LogP contribution < -0.4 is 5.32 Å². The molecule has 1 N–H and O–H groups in total. The van der Waals surface area contributed by atoms with E-state index >= 15 is 0 Å². The zero-order valence-electron chi connectivity index (χ0n) is 9.44. The molecule has 0 spiro atoms. The molecule has 88 valence electrons. The molecule has 0 saturated carbocycles. The summed E-state index contributed by atoms with van der Waals surface area (Å²) in [7, 11) is 0. The molecular weight excluding hydrogens is 228 g/mol. The van der Waals surface area contributed by atoms with Crippen molar-refractivity contribution in [1.29, 1.82) is 0 Å². The lowest BCUT2D eigenvalue weighted by atomic mass is 9.90. The van der Waals surface area contributed by atoms with Crippen molar-refractivity contribution in [2.75, 3.05) is 12.8 Å². The normalized spacial score (nSPS) is 25.0. The van der Waals surface area contributed by atoms with Gasteiger partial charge in [-0.15, -0.1) is 11.8 Å². The summed E-state index contributed by atoms with van der Waals surface area (Å²) in [6.07, 6.45) is 3.64. The maximum atomic E-state index is 13.6. The van der Waals surface area contributed by atoms with E-state index in [9.17, 15) is 8.78 Å². The van der Waals surface area contributed by atoms with Crippen molar-refractivity contribution >= 4 is 11.8 Å². The van der Waals surface area contributed by atoms with Crippen molar-refractivity contribution in [1.82, 2.24) is 5.32 Å². The Hall–Kier alpha value is -0.610. The predicted molar refractivity (Wildman–Crippen MR) is 62.7 cm³/mol. The smallest absolute Gasteiger partial charge is 0.140 e. The van der Waals surface area contributed by atoms with Crippen molar-refractivity contribution in [3.63, 3.8) is 0 Å². The third-order valence-corrected chi connectivity index (χ3v) is 4.01. The van der Waals surface area contributed by atoms with Gasteiger partial charge in [0, 0.05) is 5.54 Å². The van der Waals surface area contributed by atoms with Gasteiger partial charge in [0.1, 0.15) is 11.6 Å². The number of hydrogen-bond acceptors (Lipinski definition) is 2. The van der Waals surface area contributed by atoms with E-state index in [2.05, 4.69) is 5.32 Å². The van der Waals surface area contributed by atoms with Gasteiger partial charge in [0.15, 0.2) is 0 Å². The fourth-order valence-electron chi connectivity index (χ4n) is 2.21. The Kier molecular flexibility index (Phi) is 3.22. The summed E-state index contributed by atoms with van der Waals surface area (Å²) in [6, 6.07) is 2.90. The summed E-state index contributed by atoms with van der Waals surface area (Å²) in [6.45, 7) is 2.90. The third-order valence-electron chi connectivity index (χ3n) is 3.21. The molecular formula is C12H15F2NS. The topological polar surface area (TPSA) is 12.0 Å². The van der Waals surface area contributed by atoms with Gasteiger partial charge in [-0.05, 0) is 50.3 Å². The van der Waals surface area contributed by atoms with Crippen LogP contribution in [0.15, 0.2) is 17.0 Å². The van der Waals surface area contributed by atoms with Crippen LogP contribution in [0, 0.1) is 11.6 Å². The summed E-state index contributed by atoms with van der Waals surface area (Å²) < 4.78 is 27.3. The summed E-state index contributed by atoms with van der Waals surface area (Å²) in [4.78, 5) is 0.102. The highest BCUT2D eigenvalue weighted by Crippen LogP contribution is 2.34. The number of thioether (sulfide) groups is 1. The second-order valence-electron chi connectivity index (χ2n) is 4.34. The first-order chi connectivity index (χ1) is 7.57. The van der Waals surface area contributed by atoms with E-state index in [1.165, 1.54) is 12.1 Å². The van der Waals surface area contributed by atoms with E-state index in [0.717, 1.165) is 31.1 Å². The molecule has 0 aliphatic carbocycles. The average molecular weight is 243 g/mol. The van der Waals surface area contributed by atoms with Crippen LogP contribution in [0.2, 0.25) is 0 Å². The van der Waals surface area contributed by atoms with Crippen LogP contribution in [0.5, 0.6) is 0 Å². The molecule has 1 unspecified atom stereocenters. The van der Waals surface area contributed by atoms with Crippen LogP contribution in [-0.2, 0) is 5.54 Å². The predicted octanol–water partition coefficient (Wildman–Crippen LogP) is 3.29. The lowest BCUT2D eigenvalue weighted by molar-refractivity contribution is 0.424. The molecule has 1 aromatic carbocycles. The van der Waals surface area contributed by atoms with E-state index in [0.29, 0.717) is 5.56 Å². The first kappa shape index (κ1) is 11.9. The molecule has 1 fully saturated rings. The van der Waals surface area contributed by atoms with Crippen molar-refractivity contribution in [3.8, 4) is 0 Å². The molecule has 1 saturated heterocycles. The van der Waals surface area contributed by atoms with Gasteiger partial charge in [0.2, 0.25) is 0 Å². The summed E-state index contributed by atoms with van der Waals surface area (Å²) >= 11 is 1.10. The van der Waals surface area contributed by atoms with Gasteiger partial charge in [-0.1, -0.05) is 0 Å². The Labute approximate surface area is 98.6 Å². The molecule has 1 nitrogen and oxygen atoms in total. The van der Waals surface area contributed by atoms with Crippen LogP contribution in [0.25, 0.3) is 0 Å². The Balaban J connectivity index is 2.43. The number of hydrogen-bond donors (Lipinski definition) is 1. The molecule has 0 amide bonds. The highest BCUT2D eigenvalue weighted by atomic mass is 32.2. The van der Waals surface area contributed by atoms with E-state index in [1.54, 1.807) is 6.26 Å². The van der Waals surface area contributed by atoms with Crippen molar-refractivity contribution in [2.45, 2.75) is 30.2 Å². The molecule has 4 heteroatoms. The quantitative estimate of drug-likeness (QED) is 0.800. The van der Waals surface area contributed by atoms with E-state index < -0.39 is 11.6 Å². The summed E-state index contributed by atoms with van der Waals surface area (Å²) in [5, 5.41) is 3.30. The van der Waals surface area contributed by atoms with Gasteiger partial charge in [-0.3, -0.25) is 0 Å². The standard InChI is InChI=1S/C12H15F2NS/c1-12(4-3-5-15-12)8-6-9(13)11(16-2)10(14)7-8/h6-7,15H,3-5H2,1-2H3. The fourth-order valence-corrected chi connectivity index (χ4v) is 2.72. The largest absolute Gasteiger partial charge is 0.308 e. The van der Waals surface area contributed by atoms with Gasteiger partial charge >= 0.3 is 0 Å². The van der Waals surface area contributed by atoms with E-state index in [4.69, 9.17) is 0 Å². The lowest BCUT2D eigenvalue weighted by Crippen LogP contribution is -2.33. The first-order valence-corrected chi connectivity index (χ1v) is 6.58. The van der Waals surface area contributed by atoms with Crippen LogP contribution in [0.3, 0.4) is 0 Å². The average Bonchev–Trinajstić information content (AvgIpc) is 2.66. The maximum absolute atomic E-state index is 13.6. The molecule has 1 atom stereocenters. The Bertz CT molecular complexity index is 377. The zero-order chi connectivity index (χ0) is 11.8. The van der Waals surface area contributed by atoms with Crippen LogP contribution in [-0.4, -0.2) is 12.8 Å². The molecule has 1 aliphatic heterocycles. The van der Waals surface area contributed by atoms with Crippen LogP contribution in [0.4, 0.5) is 8.78 Å². The second-order valence-corrected chi connectivity index (χ2v) is 5.15. The number of nitrogens with one attached hydrogen (secondary N) is 1. The van der Waals surface area contributed by atoms with Crippen LogP contribution >= 0.6 is 11.8 Å². The van der Waals surface area contributed by atoms with Crippen LogP contribution in [0.1, 0.15) is 25.3 Å². The minimum atomic E-state index is -0.461. The van der Waals surface area contributed by atoms with Crippen molar-refractivity contribution < 1.29 is 8.78 Å². The molecule has 0 radical (unpaired) electrons. The monoisotopic (exact) mass is 243 g/mol. The molecule has 1 aromatic rings. The first-order valence-electron chi connectivity index (χ1n) is 5.35. The molecule has 1 aliphatic rings. The van der Waals surface area contributed by atoms with Crippen molar-refractivity contribution in [2.24, 2.45) is 0 Å². The Morgan fingerprint density at radius 1 is 1.31 bits per heavy atom. The molecule has 0 aromatic heterocycles. The highest BCUT2D eigenvalue weighted by molar-refractivity contribution is 7.98. The van der Waals surface area contributed by atoms with Gasteiger partial charge < -0.3 is 5.32 Å². The minimum Gasteiger partial charge on any atom is -0.308 e. The molecule has 0 bridgehead atoms. The summed E-state index contributed by atoms with van der Waals surface area (Å²) in [5.74, 6) is -0.921. The highest BCUT2D eigenvalue weighted by Gasteiger charge is 2.31. The lowest BCUT2D eigenvalue weighted by Gasteiger charge is -2.25. The SMILES string of the molecule is CSc1c(F)cc(C2(C)CCCN2)cc1F. The Morgan fingerprint density at radius 3 is 2.38 bits per heavy atom. The van der Waals surface area contributed by atoms with Gasteiger partial charge in [0.05, 0.1) is 4.90 Å². The van der Waals surface area contributed by atoms with Gasteiger partial charge in [-0.25, -0.2) is 8.78 Å². The fraction of sp³-hybridized carbons (Fsp3) is 0.500.